The number of aliphatic hydroxyl groups is 2. The highest BCUT2D eigenvalue weighted by Crippen LogP contribution is 2.26. The van der Waals surface area contributed by atoms with Crippen LogP contribution in [0.3, 0.4) is 0 Å². The van der Waals surface area contributed by atoms with E-state index in [0.717, 1.165) is 4.90 Å². The number of nitrogens with one attached hydrogen (secondary N) is 1. The Morgan fingerprint density at radius 3 is 2.08 bits per heavy atom. The zero-order chi connectivity index (χ0) is 29.4. The Hall–Kier alpha value is -3.44. The van der Waals surface area contributed by atoms with E-state index in [1.165, 1.54) is 0 Å². The van der Waals surface area contributed by atoms with Gasteiger partial charge < -0.3 is 36.4 Å². The van der Waals surface area contributed by atoms with Crippen LogP contribution < -0.4 is 11.1 Å². The summed E-state index contributed by atoms with van der Waals surface area (Å²) in [5, 5.41) is 34.8. The number of aliphatic hydroxyl groups excluding tert-OH is 2. The van der Waals surface area contributed by atoms with Crippen LogP contribution >= 0.6 is 0 Å². The minimum atomic E-state index is -4.66. The van der Waals surface area contributed by atoms with Crippen LogP contribution in [-0.2, 0) is 25.6 Å². The number of hydrogen-bond donors (Lipinski definition) is 6. The highest BCUT2D eigenvalue weighted by Gasteiger charge is 2.41. The molecule has 4 atom stereocenters. The highest BCUT2D eigenvalue weighted by atomic mass is 19.4. The van der Waals surface area contributed by atoms with E-state index in [1.807, 2.05) is 0 Å². The molecule has 0 saturated carbocycles. The maximum Gasteiger partial charge on any atom is 0.391 e. The molecule has 1 aromatic carbocycles. The molecule has 1 fully saturated rings. The third-order valence-corrected chi connectivity index (χ3v) is 5.11. The Balaban J connectivity index is 0.00000112. The summed E-state index contributed by atoms with van der Waals surface area (Å²) >= 11 is 0. The second kappa shape index (κ2) is 13.9. The van der Waals surface area contributed by atoms with Gasteiger partial charge in [0.2, 0.25) is 11.8 Å². The van der Waals surface area contributed by atoms with Crippen LogP contribution in [0.4, 0.5) is 26.3 Å². The third kappa shape index (κ3) is 10.1. The lowest BCUT2D eigenvalue weighted by molar-refractivity contribution is -0.165. The third-order valence-electron chi connectivity index (χ3n) is 5.11. The summed E-state index contributed by atoms with van der Waals surface area (Å²) in [7, 11) is 0. The normalized spacial score (nSPS) is 18.3. The first-order chi connectivity index (χ1) is 17.4. The summed E-state index contributed by atoms with van der Waals surface area (Å²) in [4.78, 5) is 44.8. The van der Waals surface area contributed by atoms with E-state index in [1.54, 1.807) is 0 Å². The van der Waals surface area contributed by atoms with E-state index in [-0.39, 0.29) is 32.9 Å². The number of carbonyl (C=O) groups is 4. The molecule has 0 aliphatic carbocycles. The fraction of sp³-hybridized carbons (Fsp3) is 0.524. The molecule has 0 spiro atoms. The molecule has 216 valence electrons. The Kier molecular flexibility index (Phi) is 11.9. The van der Waals surface area contributed by atoms with Gasteiger partial charge in [-0.25, -0.2) is 22.8 Å². The Bertz CT molecular complexity index is 1010. The first kappa shape index (κ1) is 32.6. The van der Waals surface area contributed by atoms with Crippen LogP contribution in [0.5, 0.6) is 0 Å². The van der Waals surface area contributed by atoms with Crippen molar-refractivity contribution in [1.29, 1.82) is 0 Å². The predicted octanol–water partition coefficient (Wildman–Crippen LogP) is 0.157. The second-order valence-electron chi connectivity index (χ2n) is 8.16. The van der Waals surface area contributed by atoms with E-state index >= 15 is 0 Å². The Morgan fingerprint density at radius 1 is 1.05 bits per heavy atom. The van der Waals surface area contributed by atoms with Crippen LogP contribution in [-0.4, -0.2) is 92.6 Å². The molecular weight excluding hydrogens is 536 g/mol. The van der Waals surface area contributed by atoms with Gasteiger partial charge in [0, 0.05) is 33.0 Å². The lowest BCUT2D eigenvalue weighted by Crippen LogP contribution is -2.50. The minimum absolute atomic E-state index is 0. The van der Waals surface area contributed by atoms with Crippen LogP contribution in [0.25, 0.3) is 0 Å². The van der Waals surface area contributed by atoms with Crippen molar-refractivity contribution in [3.63, 3.8) is 0 Å². The van der Waals surface area contributed by atoms with E-state index in [2.05, 4.69) is 5.32 Å². The van der Waals surface area contributed by atoms with E-state index in [4.69, 9.17) is 26.2 Å². The van der Waals surface area contributed by atoms with Crippen LogP contribution in [0.15, 0.2) is 12.1 Å². The Labute approximate surface area is 212 Å². The standard InChI is InChI=1S/C17H19F6N3O2.C4H6O6.H2/c18-11-7-13(20)12(19)5-9(11)4-10(24)6-15(27)26-3-1-2-25-16(28)14(26)8-17(21,22)23;5-1(3(7)8)2(6)4(9)10;/h5,7,10,14H,1-4,6,8,24H2,(H,25,28);1-2,5-6H,(H,7,8)(H,9,10);1H/t10-,14-;;/m1../s1. The molecular formula is C21H27F6N3O8. The molecule has 2 unspecified atom stereocenters. The van der Waals surface area contributed by atoms with Crippen molar-refractivity contribution in [1.82, 2.24) is 10.2 Å². The zero-order valence-electron chi connectivity index (χ0n) is 19.4. The molecule has 17 heteroatoms. The minimum Gasteiger partial charge on any atom is -0.479 e. The monoisotopic (exact) mass is 563 g/mol. The van der Waals surface area contributed by atoms with Crippen molar-refractivity contribution in [2.75, 3.05) is 13.1 Å². The number of aliphatic carboxylic acids is 2. The topological polar surface area (TPSA) is 190 Å². The van der Waals surface area contributed by atoms with Crippen LogP contribution in [0.1, 0.15) is 26.3 Å². The summed E-state index contributed by atoms with van der Waals surface area (Å²) in [5.74, 6) is -8.97. The number of rotatable bonds is 8. The molecule has 1 aliphatic heterocycles. The molecule has 11 nitrogen and oxygen atoms in total. The van der Waals surface area contributed by atoms with E-state index < -0.39 is 84.5 Å². The van der Waals surface area contributed by atoms with Crippen LogP contribution in [0.2, 0.25) is 0 Å². The first-order valence-electron chi connectivity index (χ1n) is 10.8. The van der Waals surface area contributed by atoms with E-state index in [0.29, 0.717) is 12.1 Å². The number of halogens is 6. The van der Waals surface area contributed by atoms with Crippen LogP contribution in [0, 0.1) is 17.5 Å². The number of amides is 2. The summed E-state index contributed by atoms with van der Waals surface area (Å²) in [6, 6.07) is -1.83. The average Bonchev–Trinajstić information content (AvgIpc) is 2.97. The van der Waals surface area contributed by atoms with Crippen molar-refractivity contribution < 1.29 is 67.4 Å². The summed E-state index contributed by atoms with van der Waals surface area (Å²) in [6.45, 7) is 0.0493. The van der Waals surface area contributed by atoms with Gasteiger partial charge in [0.15, 0.2) is 23.8 Å². The number of carboxylic acids is 2. The second-order valence-corrected chi connectivity index (χ2v) is 8.16. The fourth-order valence-electron chi connectivity index (χ4n) is 3.28. The molecule has 0 radical (unpaired) electrons. The highest BCUT2D eigenvalue weighted by molar-refractivity contribution is 5.88. The number of nitrogens with zero attached hydrogens (tertiary/aromatic N) is 1. The smallest absolute Gasteiger partial charge is 0.391 e. The molecule has 2 amide bonds. The lowest BCUT2D eigenvalue weighted by atomic mass is 10.0. The summed E-state index contributed by atoms with van der Waals surface area (Å²) in [6.07, 6.45) is -11.3. The molecule has 1 saturated heterocycles. The van der Waals surface area contributed by atoms with Gasteiger partial charge in [-0.05, 0) is 24.5 Å². The van der Waals surface area contributed by atoms with Gasteiger partial charge in [0.1, 0.15) is 11.9 Å². The number of carbonyl (C=O) groups excluding carboxylic acids is 2. The SMILES string of the molecule is N[C@@H](CC(=O)N1CCCNC(=O)[C@H]1CC(F)(F)F)Cc1cc(F)c(F)cc1F.O=C(O)C(O)C(O)C(=O)O.[HH]. The van der Waals surface area contributed by atoms with E-state index in [9.17, 15) is 45.5 Å². The van der Waals surface area contributed by atoms with Gasteiger partial charge in [-0.1, -0.05) is 0 Å². The lowest BCUT2D eigenvalue weighted by Gasteiger charge is -2.30. The Morgan fingerprint density at radius 2 is 1.58 bits per heavy atom. The number of hydrogen-bond acceptors (Lipinski definition) is 7. The summed E-state index contributed by atoms with van der Waals surface area (Å²) < 4.78 is 78.3. The average molecular weight is 563 g/mol. The molecule has 1 aromatic rings. The molecule has 1 heterocycles. The zero-order valence-corrected chi connectivity index (χ0v) is 19.4. The van der Waals surface area contributed by atoms with Gasteiger partial charge in [-0.3, -0.25) is 9.59 Å². The van der Waals surface area contributed by atoms with Gasteiger partial charge in [0.25, 0.3) is 0 Å². The number of nitrogens with two attached hydrogens (primary N) is 1. The number of benzene rings is 1. The summed E-state index contributed by atoms with van der Waals surface area (Å²) in [5.41, 5.74) is 5.50. The molecule has 7 N–H and O–H groups in total. The molecule has 38 heavy (non-hydrogen) atoms. The number of carboxylic acid groups (broad SMARTS) is 2. The van der Waals surface area contributed by atoms with Crippen molar-refractivity contribution in [3.05, 3.63) is 35.1 Å². The maximum absolute atomic E-state index is 13.7. The fourth-order valence-corrected chi connectivity index (χ4v) is 3.28. The van der Waals surface area contributed by atoms with Gasteiger partial charge in [-0.15, -0.1) is 0 Å². The molecule has 1 aliphatic rings. The molecule has 0 bridgehead atoms. The first-order valence-corrected chi connectivity index (χ1v) is 10.8. The van der Waals surface area contributed by atoms with Crippen molar-refractivity contribution in [2.24, 2.45) is 5.73 Å². The maximum atomic E-state index is 13.7. The van der Waals surface area contributed by atoms with Crippen molar-refractivity contribution >= 4 is 23.8 Å². The largest absolute Gasteiger partial charge is 0.479 e. The van der Waals surface area contributed by atoms with Gasteiger partial charge in [-0.2, -0.15) is 13.2 Å². The van der Waals surface area contributed by atoms with Crippen molar-refractivity contribution in [3.8, 4) is 0 Å². The molecule has 2 rings (SSSR count). The van der Waals surface area contributed by atoms with Crippen molar-refractivity contribution in [2.45, 2.75) is 56.2 Å². The van der Waals surface area contributed by atoms with Gasteiger partial charge >= 0.3 is 18.1 Å². The predicted molar refractivity (Wildman–Crippen MR) is 116 cm³/mol. The van der Waals surface area contributed by atoms with Gasteiger partial charge in [0.05, 0.1) is 6.42 Å². The molecule has 0 aromatic heterocycles. The quantitative estimate of drug-likeness (QED) is 0.189. The number of alkyl halides is 3.